The minimum Gasteiger partial charge on any atom is -0.494 e. The van der Waals surface area contributed by atoms with Crippen molar-refractivity contribution in [3.8, 4) is 17.4 Å². The molecule has 1 aromatic heterocycles. The first-order valence-corrected chi connectivity index (χ1v) is 8.27. The maximum absolute atomic E-state index is 6.24. The summed E-state index contributed by atoms with van der Waals surface area (Å²) < 4.78 is 11.2. The molecule has 3 rings (SSSR count). The van der Waals surface area contributed by atoms with Gasteiger partial charge in [0.05, 0.1) is 17.1 Å². The zero-order valence-corrected chi connectivity index (χ0v) is 14.2. The van der Waals surface area contributed by atoms with Crippen LogP contribution in [0.3, 0.4) is 0 Å². The number of hydrogen-bond donors (Lipinski definition) is 1. The SMILES string of the molecule is CCOc1ccc(Oc2ccc3cc(CCN)ccc3n2)c(Cl)c1. The molecule has 0 amide bonds. The second-order valence-corrected chi connectivity index (χ2v) is 5.75. The van der Waals surface area contributed by atoms with Crippen LogP contribution in [0, 0.1) is 0 Å². The van der Waals surface area contributed by atoms with Gasteiger partial charge in [-0.15, -0.1) is 0 Å². The molecule has 2 aromatic carbocycles. The van der Waals surface area contributed by atoms with E-state index in [4.69, 9.17) is 26.8 Å². The van der Waals surface area contributed by atoms with Gasteiger partial charge < -0.3 is 15.2 Å². The average Bonchev–Trinajstić information content (AvgIpc) is 2.58. The van der Waals surface area contributed by atoms with Gasteiger partial charge in [0.25, 0.3) is 0 Å². The third kappa shape index (κ3) is 3.78. The smallest absolute Gasteiger partial charge is 0.219 e. The van der Waals surface area contributed by atoms with Crippen molar-refractivity contribution in [1.29, 1.82) is 0 Å². The molecule has 0 saturated carbocycles. The minimum absolute atomic E-state index is 0.487. The Balaban J connectivity index is 1.83. The van der Waals surface area contributed by atoms with Gasteiger partial charge in [-0.05, 0) is 55.8 Å². The first-order chi connectivity index (χ1) is 11.7. The van der Waals surface area contributed by atoms with E-state index in [-0.39, 0.29) is 0 Å². The lowest BCUT2D eigenvalue weighted by Gasteiger charge is -2.10. The molecule has 4 nitrogen and oxygen atoms in total. The van der Waals surface area contributed by atoms with Gasteiger partial charge in [-0.1, -0.05) is 17.7 Å². The van der Waals surface area contributed by atoms with Crippen molar-refractivity contribution in [1.82, 2.24) is 4.98 Å². The highest BCUT2D eigenvalue weighted by Gasteiger charge is 2.07. The van der Waals surface area contributed by atoms with Gasteiger partial charge in [0, 0.05) is 17.5 Å². The summed E-state index contributed by atoms with van der Waals surface area (Å²) in [6, 6.07) is 15.3. The number of nitrogens with two attached hydrogens (primary N) is 1. The number of halogens is 1. The molecule has 3 aromatic rings. The maximum atomic E-state index is 6.24. The molecule has 0 atom stereocenters. The van der Waals surface area contributed by atoms with Crippen molar-refractivity contribution in [3.63, 3.8) is 0 Å². The molecule has 0 saturated heterocycles. The number of aromatic nitrogens is 1. The van der Waals surface area contributed by atoms with Gasteiger partial charge in [0.15, 0.2) is 0 Å². The molecule has 124 valence electrons. The van der Waals surface area contributed by atoms with Crippen LogP contribution in [0.15, 0.2) is 48.5 Å². The fraction of sp³-hybridized carbons (Fsp3) is 0.211. The molecule has 5 heteroatoms. The lowest BCUT2D eigenvalue weighted by molar-refractivity contribution is 0.339. The summed E-state index contributed by atoms with van der Waals surface area (Å²) in [5.74, 6) is 1.76. The molecule has 1 heterocycles. The summed E-state index contributed by atoms with van der Waals surface area (Å²) in [6.45, 7) is 3.15. The predicted molar refractivity (Wildman–Crippen MR) is 97.2 cm³/mol. The first-order valence-electron chi connectivity index (χ1n) is 7.89. The van der Waals surface area contributed by atoms with Gasteiger partial charge >= 0.3 is 0 Å². The second kappa shape index (κ2) is 7.51. The number of pyridine rings is 1. The Labute approximate surface area is 146 Å². The number of rotatable bonds is 6. The molecular weight excluding hydrogens is 324 g/mol. The molecule has 0 fully saturated rings. The van der Waals surface area contributed by atoms with Crippen LogP contribution in [0.2, 0.25) is 5.02 Å². The van der Waals surface area contributed by atoms with E-state index in [1.165, 1.54) is 5.56 Å². The minimum atomic E-state index is 0.487. The van der Waals surface area contributed by atoms with E-state index in [2.05, 4.69) is 11.1 Å². The zero-order valence-electron chi connectivity index (χ0n) is 13.5. The Bertz CT molecular complexity index is 852. The van der Waals surface area contributed by atoms with Crippen LogP contribution in [0.5, 0.6) is 17.4 Å². The van der Waals surface area contributed by atoms with Crippen LogP contribution >= 0.6 is 11.6 Å². The van der Waals surface area contributed by atoms with Crippen molar-refractivity contribution in [2.24, 2.45) is 5.73 Å². The van der Waals surface area contributed by atoms with E-state index >= 15 is 0 Å². The van der Waals surface area contributed by atoms with E-state index in [1.54, 1.807) is 12.1 Å². The summed E-state index contributed by atoms with van der Waals surface area (Å²) in [4.78, 5) is 4.53. The van der Waals surface area contributed by atoms with Crippen LogP contribution in [-0.4, -0.2) is 18.1 Å². The quantitative estimate of drug-likeness (QED) is 0.712. The third-order valence-corrected chi connectivity index (χ3v) is 3.89. The largest absolute Gasteiger partial charge is 0.494 e. The third-order valence-electron chi connectivity index (χ3n) is 3.59. The fourth-order valence-electron chi connectivity index (χ4n) is 2.47. The standard InChI is InChI=1S/C19H19ClN2O2/c1-2-23-15-5-7-18(16(20)12-15)24-19-8-4-14-11-13(9-10-21)3-6-17(14)22-19/h3-8,11-12H,2,9-10,21H2,1H3. The number of nitrogens with zero attached hydrogens (tertiary/aromatic N) is 1. The first kappa shape index (κ1) is 16.6. The van der Waals surface area contributed by atoms with Crippen LogP contribution < -0.4 is 15.2 Å². The Morgan fingerprint density at radius 1 is 1.08 bits per heavy atom. The van der Waals surface area contributed by atoms with E-state index in [0.29, 0.717) is 35.6 Å². The number of ether oxygens (including phenoxy) is 2. The molecule has 0 aliphatic heterocycles. The summed E-state index contributed by atoms with van der Waals surface area (Å²) in [5, 5.41) is 1.55. The fourth-order valence-corrected chi connectivity index (χ4v) is 2.68. The van der Waals surface area contributed by atoms with E-state index < -0.39 is 0 Å². The summed E-state index contributed by atoms with van der Waals surface area (Å²) in [5.41, 5.74) is 7.68. The lowest BCUT2D eigenvalue weighted by Crippen LogP contribution is -2.02. The van der Waals surface area contributed by atoms with Crippen molar-refractivity contribution in [2.75, 3.05) is 13.2 Å². The highest BCUT2D eigenvalue weighted by atomic mass is 35.5. The zero-order chi connectivity index (χ0) is 16.9. The summed E-state index contributed by atoms with van der Waals surface area (Å²) >= 11 is 6.24. The second-order valence-electron chi connectivity index (χ2n) is 5.34. The van der Waals surface area contributed by atoms with E-state index in [9.17, 15) is 0 Å². The van der Waals surface area contributed by atoms with Crippen molar-refractivity contribution >= 4 is 22.5 Å². The molecule has 2 N–H and O–H groups in total. The van der Waals surface area contributed by atoms with Crippen LogP contribution in [0.1, 0.15) is 12.5 Å². The highest BCUT2D eigenvalue weighted by molar-refractivity contribution is 6.32. The van der Waals surface area contributed by atoms with E-state index in [1.807, 2.05) is 37.3 Å². The Morgan fingerprint density at radius 3 is 2.71 bits per heavy atom. The maximum Gasteiger partial charge on any atom is 0.219 e. The van der Waals surface area contributed by atoms with Gasteiger partial charge in [0.2, 0.25) is 5.88 Å². The predicted octanol–water partition coefficient (Wildman–Crippen LogP) is 4.58. The molecule has 0 bridgehead atoms. The molecule has 0 aliphatic carbocycles. The lowest BCUT2D eigenvalue weighted by atomic mass is 10.1. The molecular formula is C19H19ClN2O2. The highest BCUT2D eigenvalue weighted by Crippen LogP contribution is 2.32. The van der Waals surface area contributed by atoms with Crippen molar-refractivity contribution < 1.29 is 9.47 Å². The normalized spacial score (nSPS) is 10.8. The van der Waals surface area contributed by atoms with Gasteiger partial charge in [-0.2, -0.15) is 0 Å². The van der Waals surface area contributed by atoms with Gasteiger partial charge in [-0.25, -0.2) is 4.98 Å². The van der Waals surface area contributed by atoms with Crippen molar-refractivity contribution in [2.45, 2.75) is 13.3 Å². The molecule has 24 heavy (non-hydrogen) atoms. The summed E-state index contributed by atoms with van der Waals surface area (Å²) in [6.07, 6.45) is 0.857. The Morgan fingerprint density at radius 2 is 1.96 bits per heavy atom. The Kier molecular flexibility index (Phi) is 5.18. The summed E-state index contributed by atoms with van der Waals surface area (Å²) in [7, 11) is 0. The molecule has 0 aliphatic rings. The number of benzene rings is 2. The van der Waals surface area contributed by atoms with Crippen LogP contribution in [0.4, 0.5) is 0 Å². The molecule has 0 radical (unpaired) electrons. The number of hydrogen-bond acceptors (Lipinski definition) is 4. The van der Waals surface area contributed by atoms with Crippen LogP contribution in [-0.2, 0) is 6.42 Å². The molecule has 0 unspecified atom stereocenters. The van der Waals surface area contributed by atoms with Gasteiger partial charge in [-0.3, -0.25) is 0 Å². The monoisotopic (exact) mass is 342 g/mol. The molecule has 0 spiro atoms. The number of fused-ring (bicyclic) bond motifs is 1. The van der Waals surface area contributed by atoms with Crippen molar-refractivity contribution in [3.05, 3.63) is 59.1 Å². The van der Waals surface area contributed by atoms with Crippen LogP contribution in [0.25, 0.3) is 10.9 Å². The van der Waals surface area contributed by atoms with E-state index in [0.717, 1.165) is 17.3 Å². The van der Waals surface area contributed by atoms with Gasteiger partial charge in [0.1, 0.15) is 11.5 Å². The topological polar surface area (TPSA) is 57.4 Å². The Hall–Kier alpha value is -2.30. The average molecular weight is 343 g/mol.